The molecule has 1 unspecified atom stereocenters. The first-order chi connectivity index (χ1) is 6.65. The van der Waals surface area contributed by atoms with Gasteiger partial charge in [-0.15, -0.1) is 11.3 Å². The van der Waals surface area contributed by atoms with E-state index < -0.39 is 6.04 Å². The number of carbonyl (C=O) groups is 1. The lowest BCUT2D eigenvalue weighted by molar-refractivity contribution is -0.123. The molecular formula is C9H14N2O2S. The van der Waals surface area contributed by atoms with E-state index in [-0.39, 0.29) is 12.5 Å². The van der Waals surface area contributed by atoms with E-state index in [9.17, 15) is 4.79 Å². The lowest BCUT2D eigenvalue weighted by Gasteiger charge is -2.08. The van der Waals surface area contributed by atoms with Gasteiger partial charge in [-0.1, -0.05) is 0 Å². The Kier molecular flexibility index (Phi) is 4.06. The predicted octanol–water partition coefficient (Wildman–Crippen LogP) is -0.00768. The third-order valence-electron chi connectivity index (χ3n) is 1.92. The van der Waals surface area contributed by atoms with Gasteiger partial charge in [0.1, 0.15) is 6.04 Å². The van der Waals surface area contributed by atoms with Crippen molar-refractivity contribution < 1.29 is 9.90 Å². The zero-order valence-electron chi connectivity index (χ0n) is 7.99. The number of nitrogens with two attached hydrogens (primary N) is 1. The number of hydrogen-bond donors (Lipinski definition) is 3. The number of amides is 1. The number of rotatable bonds is 4. The van der Waals surface area contributed by atoms with Crippen molar-refractivity contribution in [3.8, 4) is 0 Å². The van der Waals surface area contributed by atoms with Gasteiger partial charge in [0.05, 0.1) is 13.2 Å². The summed E-state index contributed by atoms with van der Waals surface area (Å²) in [7, 11) is 0. The van der Waals surface area contributed by atoms with Crippen LogP contribution < -0.4 is 11.1 Å². The Morgan fingerprint density at radius 2 is 2.50 bits per heavy atom. The summed E-state index contributed by atoms with van der Waals surface area (Å²) in [4.78, 5) is 12.3. The fourth-order valence-corrected chi connectivity index (χ4v) is 1.81. The fourth-order valence-electron chi connectivity index (χ4n) is 0.967. The molecule has 0 aliphatic heterocycles. The van der Waals surface area contributed by atoms with Crippen molar-refractivity contribution in [2.45, 2.75) is 19.5 Å². The molecule has 0 saturated heterocycles. The number of aliphatic hydroxyl groups excluding tert-OH is 1. The highest BCUT2D eigenvalue weighted by Gasteiger charge is 2.11. The van der Waals surface area contributed by atoms with E-state index in [1.165, 1.54) is 0 Å². The molecule has 1 atom stereocenters. The molecule has 0 aliphatic carbocycles. The molecule has 1 rings (SSSR count). The average molecular weight is 214 g/mol. The second kappa shape index (κ2) is 5.09. The number of thiophene rings is 1. The van der Waals surface area contributed by atoms with E-state index in [1.54, 1.807) is 11.3 Å². The van der Waals surface area contributed by atoms with Crippen molar-refractivity contribution in [3.63, 3.8) is 0 Å². The van der Waals surface area contributed by atoms with Gasteiger partial charge in [-0.25, -0.2) is 0 Å². The Balaban J connectivity index is 2.41. The zero-order chi connectivity index (χ0) is 10.6. The van der Waals surface area contributed by atoms with Crippen LogP contribution in [0.3, 0.4) is 0 Å². The van der Waals surface area contributed by atoms with Crippen molar-refractivity contribution in [3.05, 3.63) is 21.9 Å². The molecule has 14 heavy (non-hydrogen) atoms. The highest BCUT2D eigenvalue weighted by atomic mass is 32.1. The zero-order valence-corrected chi connectivity index (χ0v) is 8.80. The molecule has 1 heterocycles. The monoisotopic (exact) mass is 214 g/mol. The fraction of sp³-hybridized carbons (Fsp3) is 0.444. The van der Waals surface area contributed by atoms with Crippen molar-refractivity contribution in [1.82, 2.24) is 5.32 Å². The van der Waals surface area contributed by atoms with Crippen molar-refractivity contribution in [2.24, 2.45) is 5.73 Å². The van der Waals surface area contributed by atoms with Gasteiger partial charge in [-0.2, -0.15) is 0 Å². The maximum Gasteiger partial charge on any atom is 0.239 e. The van der Waals surface area contributed by atoms with Crippen molar-refractivity contribution in [2.75, 3.05) is 6.61 Å². The molecule has 4 nitrogen and oxygen atoms in total. The summed E-state index contributed by atoms with van der Waals surface area (Å²) in [6.07, 6.45) is 0. The van der Waals surface area contributed by atoms with Crippen LogP contribution in [-0.2, 0) is 11.3 Å². The van der Waals surface area contributed by atoms with Crippen LogP contribution in [0.1, 0.15) is 10.4 Å². The summed E-state index contributed by atoms with van der Waals surface area (Å²) in [6.45, 7) is 2.15. The molecule has 0 saturated carbocycles. The summed E-state index contributed by atoms with van der Waals surface area (Å²) in [5, 5.41) is 13.3. The minimum Gasteiger partial charge on any atom is -0.394 e. The molecule has 1 amide bonds. The Morgan fingerprint density at radius 3 is 3.00 bits per heavy atom. The van der Waals surface area contributed by atoms with Gasteiger partial charge in [0.2, 0.25) is 5.91 Å². The third kappa shape index (κ3) is 2.80. The maximum atomic E-state index is 11.2. The first-order valence-corrected chi connectivity index (χ1v) is 5.20. The topological polar surface area (TPSA) is 75.4 Å². The number of carbonyl (C=O) groups excluding carboxylic acids is 1. The van der Waals surface area contributed by atoms with Crippen LogP contribution in [0, 0.1) is 6.92 Å². The first kappa shape index (κ1) is 11.2. The summed E-state index contributed by atoms with van der Waals surface area (Å²) >= 11 is 1.59. The Morgan fingerprint density at radius 1 is 1.79 bits per heavy atom. The predicted molar refractivity (Wildman–Crippen MR) is 56.0 cm³/mol. The van der Waals surface area contributed by atoms with E-state index in [4.69, 9.17) is 10.8 Å². The molecule has 5 heteroatoms. The highest BCUT2D eigenvalue weighted by Crippen LogP contribution is 2.14. The minimum absolute atomic E-state index is 0.319. The van der Waals surface area contributed by atoms with E-state index in [1.807, 2.05) is 18.4 Å². The number of nitrogens with one attached hydrogen (secondary N) is 1. The van der Waals surface area contributed by atoms with Crippen LogP contribution in [0.5, 0.6) is 0 Å². The largest absolute Gasteiger partial charge is 0.394 e. The van der Waals surface area contributed by atoms with Gasteiger partial charge < -0.3 is 16.2 Å². The van der Waals surface area contributed by atoms with Crippen LogP contribution >= 0.6 is 11.3 Å². The summed E-state index contributed by atoms with van der Waals surface area (Å²) in [5.74, 6) is -0.319. The maximum absolute atomic E-state index is 11.2. The number of aliphatic hydroxyl groups is 1. The Hall–Kier alpha value is -0.910. The van der Waals surface area contributed by atoms with Gasteiger partial charge in [0.25, 0.3) is 0 Å². The first-order valence-electron chi connectivity index (χ1n) is 4.32. The molecule has 1 aromatic heterocycles. The smallest absolute Gasteiger partial charge is 0.239 e. The van der Waals surface area contributed by atoms with E-state index in [0.717, 1.165) is 10.4 Å². The summed E-state index contributed by atoms with van der Waals surface area (Å²) in [5.41, 5.74) is 6.50. The molecule has 0 spiro atoms. The Labute approximate surface area is 86.7 Å². The molecule has 0 aromatic carbocycles. The third-order valence-corrected chi connectivity index (χ3v) is 2.95. The number of hydrogen-bond acceptors (Lipinski definition) is 4. The molecule has 0 radical (unpaired) electrons. The molecule has 0 fully saturated rings. The van der Waals surface area contributed by atoms with Gasteiger partial charge in [0, 0.05) is 4.88 Å². The lowest BCUT2D eigenvalue weighted by Crippen LogP contribution is -2.42. The minimum atomic E-state index is -0.824. The van der Waals surface area contributed by atoms with Crippen molar-refractivity contribution in [1.29, 1.82) is 0 Å². The van der Waals surface area contributed by atoms with Crippen LogP contribution in [0.4, 0.5) is 0 Å². The van der Waals surface area contributed by atoms with Crippen LogP contribution in [-0.4, -0.2) is 23.7 Å². The van der Waals surface area contributed by atoms with Crippen LogP contribution in [0.25, 0.3) is 0 Å². The average Bonchev–Trinajstić information content (AvgIpc) is 2.59. The molecule has 0 bridgehead atoms. The van der Waals surface area contributed by atoms with Gasteiger partial charge in [-0.3, -0.25) is 4.79 Å². The summed E-state index contributed by atoms with van der Waals surface area (Å²) < 4.78 is 0. The van der Waals surface area contributed by atoms with Crippen molar-refractivity contribution >= 4 is 17.2 Å². The quantitative estimate of drug-likeness (QED) is 0.660. The SMILES string of the molecule is Cc1ccsc1CNC(=O)C(N)CO. The normalized spacial score (nSPS) is 12.5. The van der Waals surface area contributed by atoms with Crippen LogP contribution in [0.2, 0.25) is 0 Å². The second-order valence-corrected chi connectivity index (χ2v) is 4.03. The molecule has 1 aromatic rings. The Bertz CT molecular complexity index is 312. The lowest BCUT2D eigenvalue weighted by atomic mass is 10.2. The van der Waals surface area contributed by atoms with Crippen LogP contribution in [0.15, 0.2) is 11.4 Å². The van der Waals surface area contributed by atoms with Gasteiger partial charge in [0.15, 0.2) is 0 Å². The second-order valence-electron chi connectivity index (χ2n) is 3.03. The number of aryl methyl sites for hydroxylation is 1. The summed E-state index contributed by atoms with van der Waals surface area (Å²) in [6, 6.07) is 1.17. The van der Waals surface area contributed by atoms with E-state index in [2.05, 4.69) is 5.32 Å². The van der Waals surface area contributed by atoms with Gasteiger partial charge in [-0.05, 0) is 23.9 Å². The standard InChI is InChI=1S/C9H14N2O2S/c1-6-2-3-14-8(6)4-11-9(13)7(10)5-12/h2-3,7,12H,4-5,10H2,1H3,(H,11,13). The molecule has 0 aliphatic rings. The van der Waals surface area contributed by atoms with Gasteiger partial charge >= 0.3 is 0 Å². The highest BCUT2D eigenvalue weighted by molar-refractivity contribution is 7.10. The molecule has 78 valence electrons. The molecular weight excluding hydrogens is 200 g/mol. The molecule has 4 N–H and O–H groups in total. The van der Waals surface area contributed by atoms with E-state index in [0.29, 0.717) is 6.54 Å². The van der Waals surface area contributed by atoms with E-state index >= 15 is 0 Å².